The van der Waals surface area contributed by atoms with E-state index in [1.54, 1.807) is 18.2 Å². The van der Waals surface area contributed by atoms with E-state index < -0.39 is 5.60 Å². The molecule has 5 nitrogen and oxygen atoms in total. The maximum absolute atomic E-state index is 12.2. The lowest BCUT2D eigenvalue weighted by atomic mass is 9.92. The highest BCUT2D eigenvalue weighted by Gasteiger charge is 2.32. The van der Waals surface area contributed by atoms with Gasteiger partial charge in [-0.15, -0.1) is 0 Å². The first-order chi connectivity index (χ1) is 10.3. The molecule has 22 heavy (non-hydrogen) atoms. The van der Waals surface area contributed by atoms with E-state index in [2.05, 4.69) is 10.2 Å². The van der Waals surface area contributed by atoms with Gasteiger partial charge in [0.1, 0.15) is 11.4 Å². The highest BCUT2D eigenvalue weighted by Crippen LogP contribution is 2.33. The van der Waals surface area contributed by atoms with Crippen LogP contribution in [0.1, 0.15) is 47.4 Å². The lowest BCUT2D eigenvalue weighted by Crippen LogP contribution is -2.36. The standard InChI is InChI=1S/C17H24N2O3/c1-17(2)11-14(20)13-10-12(6-7-15(13)22-17)16(21)18-8-5-9-19(3)4/h6-7,10H,5,8-9,11H2,1-4H3,(H,18,21). The molecule has 0 saturated carbocycles. The van der Waals surface area contributed by atoms with Crippen LogP contribution in [0.5, 0.6) is 5.75 Å². The van der Waals surface area contributed by atoms with Crippen LogP contribution in [0.25, 0.3) is 0 Å². The largest absolute Gasteiger partial charge is 0.487 e. The molecule has 1 aliphatic rings. The van der Waals surface area contributed by atoms with Crippen LogP contribution in [-0.4, -0.2) is 49.4 Å². The second kappa shape index (κ2) is 6.48. The molecule has 1 heterocycles. The van der Waals surface area contributed by atoms with Gasteiger partial charge in [0.05, 0.1) is 12.0 Å². The molecular weight excluding hydrogens is 280 g/mol. The summed E-state index contributed by atoms with van der Waals surface area (Å²) in [6.45, 7) is 5.32. The maximum atomic E-state index is 12.2. The van der Waals surface area contributed by atoms with E-state index in [1.807, 2.05) is 27.9 Å². The molecule has 2 rings (SSSR count). The average Bonchev–Trinajstić information content (AvgIpc) is 2.41. The molecule has 0 radical (unpaired) electrons. The number of carbonyl (C=O) groups excluding carboxylic acids is 2. The van der Waals surface area contributed by atoms with Crippen molar-refractivity contribution in [2.45, 2.75) is 32.3 Å². The Morgan fingerprint density at radius 2 is 2.09 bits per heavy atom. The molecule has 5 heteroatoms. The van der Waals surface area contributed by atoms with Crippen molar-refractivity contribution >= 4 is 11.7 Å². The number of amides is 1. The second-order valence-electron chi connectivity index (χ2n) is 6.59. The van der Waals surface area contributed by atoms with Crippen LogP contribution in [-0.2, 0) is 0 Å². The third kappa shape index (κ3) is 4.07. The van der Waals surface area contributed by atoms with Gasteiger partial charge in [-0.25, -0.2) is 0 Å². The van der Waals surface area contributed by atoms with Crippen LogP contribution in [0.4, 0.5) is 0 Å². The first-order valence-electron chi connectivity index (χ1n) is 7.58. The molecule has 0 aliphatic carbocycles. The predicted octanol–water partition coefficient (Wildman–Crippen LogP) is 2.11. The van der Waals surface area contributed by atoms with Gasteiger partial charge in [-0.05, 0) is 59.1 Å². The van der Waals surface area contributed by atoms with Crippen molar-refractivity contribution < 1.29 is 14.3 Å². The summed E-state index contributed by atoms with van der Waals surface area (Å²) < 4.78 is 5.79. The number of nitrogens with zero attached hydrogens (tertiary/aromatic N) is 1. The molecular formula is C17H24N2O3. The average molecular weight is 304 g/mol. The summed E-state index contributed by atoms with van der Waals surface area (Å²) in [4.78, 5) is 26.4. The Morgan fingerprint density at radius 1 is 1.36 bits per heavy atom. The van der Waals surface area contributed by atoms with Crippen LogP contribution in [0.3, 0.4) is 0 Å². The molecule has 1 amide bonds. The van der Waals surface area contributed by atoms with Crippen molar-refractivity contribution in [3.8, 4) is 5.75 Å². The van der Waals surface area contributed by atoms with E-state index >= 15 is 0 Å². The number of fused-ring (bicyclic) bond motifs is 1. The Kier molecular flexibility index (Phi) is 4.86. The summed E-state index contributed by atoms with van der Waals surface area (Å²) in [6.07, 6.45) is 1.22. The fraction of sp³-hybridized carbons (Fsp3) is 0.529. The predicted molar refractivity (Wildman–Crippen MR) is 85.6 cm³/mol. The number of hydrogen-bond acceptors (Lipinski definition) is 4. The quantitative estimate of drug-likeness (QED) is 0.847. The number of ether oxygens (including phenoxy) is 1. The van der Waals surface area contributed by atoms with Gasteiger partial charge in [-0.2, -0.15) is 0 Å². The number of nitrogens with one attached hydrogen (secondary N) is 1. The zero-order chi connectivity index (χ0) is 16.3. The van der Waals surface area contributed by atoms with Gasteiger partial charge >= 0.3 is 0 Å². The van der Waals surface area contributed by atoms with Gasteiger partial charge in [-0.3, -0.25) is 9.59 Å². The Bertz CT molecular complexity index is 579. The summed E-state index contributed by atoms with van der Waals surface area (Å²) in [5.41, 5.74) is 0.514. The SMILES string of the molecule is CN(C)CCCNC(=O)c1ccc2c(c1)C(=O)CC(C)(C)O2. The highest BCUT2D eigenvalue weighted by molar-refractivity contribution is 6.03. The number of Topliss-reactive ketones (excluding diaryl/α,β-unsaturated/α-hetero) is 1. The third-order valence-electron chi connectivity index (χ3n) is 3.58. The summed E-state index contributed by atoms with van der Waals surface area (Å²) in [7, 11) is 4.00. The molecule has 1 aromatic rings. The van der Waals surface area contributed by atoms with Gasteiger partial charge in [0.15, 0.2) is 5.78 Å². The van der Waals surface area contributed by atoms with Gasteiger partial charge in [0.25, 0.3) is 5.91 Å². The maximum Gasteiger partial charge on any atom is 0.251 e. The summed E-state index contributed by atoms with van der Waals surface area (Å²) in [5, 5.41) is 2.87. The highest BCUT2D eigenvalue weighted by atomic mass is 16.5. The number of benzene rings is 1. The van der Waals surface area contributed by atoms with E-state index in [0.717, 1.165) is 13.0 Å². The van der Waals surface area contributed by atoms with Gasteiger partial charge in [-0.1, -0.05) is 0 Å². The minimum Gasteiger partial charge on any atom is -0.487 e. The second-order valence-corrected chi connectivity index (χ2v) is 6.59. The first kappa shape index (κ1) is 16.5. The summed E-state index contributed by atoms with van der Waals surface area (Å²) in [5.74, 6) is 0.429. The summed E-state index contributed by atoms with van der Waals surface area (Å²) in [6, 6.07) is 5.05. The van der Waals surface area contributed by atoms with Crippen LogP contribution >= 0.6 is 0 Å². The smallest absolute Gasteiger partial charge is 0.251 e. The Hall–Kier alpha value is -1.88. The van der Waals surface area contributed by atoms with Gasteiger partial charge in [0.2, 0.25) is 0 Å². The van der Waals surface area contributed by atoms with Crippen LogP contribution in [0.2, 0.25) is 0 Å². The zero-order valence-electron chi connectivity index (χ0n) is 13.7. The molecule has 0 atom stereocenters. The van der Waals surface area contributed by atoms with Crippen LogP contribution in [0, 0.1) is 0 Å². The molecule has 0 unspecified atom stereocenters. The fourth-order valence-corrected chi connectivity index (χ4v) is 2.49. The van der Waals surface area contributed by atoms with Gasteiger partial charge in [0, 0.05) is 12.1 Å². The van der Waals surface area contributed by atoms with Crippen molar-refractivity contribution in [2.24, 2.45) is 0 Å². The molecule has 1 N–H and O–H groups in total. The minimum absolute atomic E-state index is 0.0218. The lowest BCUT2D eigenvalue weighted by Gasteiger charge is -2.31. The summed E-state index contributed by atoms with van der Waals surface area (Å²) >= 11 is 0. The normalized spacial score (nSPS) is 16.1. The van der Waals surface area contributed by atoms with Crippen LogP contribution in [0.15, 0.2) is 18.2 Å². The molecule has 0 fully saturated rings. The molecule has 1 aliphatic heterocycles. The zero-order valence-corrected chi connectivity index (χ0v) is 13.7. The van der Waals surface area contributed by atoms with E-state index in [4.69, 9.17) is 4.74 Å². The minimum atomic E-state index is -0.486. The van der Waals surface area contributed by atoms with Crippen molar-refractivity contribution in [1.29, 1.82) is 0 Å². The van der Waals surface area contributed by atoms with Gasteiger partial charge < -0.3 is 15.0 Å². The fourth-order valence-electron chi connectivity index (χ4n) is 2.49. The Labute approximate surface area is 131 Å². The van der Waals surface area contributed by atoms with Crippen molar-refractivity contribution in [1.82, 2.24) is 10.2 Å². The monoisotopic (exact) mass is 304 g/mol. The number of carbonyl (C=O) groups is 2. The molecule has 0 bridgehead atoms. The lowest BCUT2D eigenvalue weighted by molar-refractivity contribution is 0.0620. The van der Waals surface area contributed by atoms with E-state index in [1.165, 1.54) is 0 Å². The number of hydrogen-bond donors (Lipinski definition) is 1. The molecule has 0 spiro atoms. The van der Waals surface area contributed by atoms with Crippen molar-refractivity contribution in [3.63, 3.8) is 0 Å². The molecule has 120 valence electrons. The topological polar surface area (TPSA) is 58.6 Å². The van der Waals surface area contributed by atoms with Crippen molar-refractivity contribution in [3.05, 3.63) is 29.3 Å². The first-order valence-corrected chi connectivity index (χ1v) is 7.58. The van der Waals surface area contributed by atoms with Crippen LogP contribution < -0.4 is 10.1 Å². The number of rotatable bonds is 5. The Balaban J connectivity index is 2.03. The third-order valence-corrected chi connectivity index (χ3v) is 3.58. The van der Waals surface area contributed by atoms with E-state index in [-0.39, 0.29) is 11.7 Å². The molecule has 1 aromatic carbocycles. The van der Waals surface area contributed by atoms with E-state index in [9.17, 15) is 9.59 Å². The Morgan fingerprint density at radius 3 is 2.77 bits per heavy atom. The van der Waals surface area contributed by atoms with E-state index in [0.29, 0.717) is 29.8 Å². The molecule has 0 aromatic heterocycles. The number of ketones is 1. The molecule has 0 saturated heterocycles. The van der Waals surface area contributed by atoms with Crippen molar-refractivity contribution in [2.75, 3.05) is 27.2 Å².